The van der Waals surface area contributed by atoms with Gasteiger partial charge in [0.25, 0.3) is 0 Å². The molecular formula is C15H21NO3. The lowest BCUT2D eigenvalue weighted by molar-refractivity contribution is -0.151. The molecule has 0 spiro atoms. The van der Waals surface area contributed by atoms with E-state index in [0.29, 0.717) is 13.2 Å². The molecule has 1 fully saturated rings. The highest BCUT2D eigenvalue weighted by Crippen LogP contribution is 2.27. The Bertz CT molecular complexity index is 472. The fourth-order valence-corrected chi connectivity index (χ4v) is 2.77. The van der Waals surface area contributed by atoms with E-state index in [0.717, 1.165) is 0 Å². The highest BCUT2D eigenvalue weighted by molar-refractivity contribution is 5.73. The molecular weight excluding hydrogens is 242 g/mol. The van der Waals surface area contributed by atoms with Crippen LogP contribution in [-0.4, -0.2) is 41.8 Å². The van der Waals surface area contributed by atoms with Crippen molar-refractivity contribution in [2.24, 2.45) is 0 Å². The summed E-state index contributed by atoms with van der Waals surface area (Å²) in [4.78, 5) is 13.3. The zero-order valence-corrected chi connectivity index (χ0v) is 11.7. The van der Waals surface area contributed by atoms with Gasteiger partial charge in [-0.2, -0.15) is 0 Å². The van der Waals surface area contributed by atoms with Crippen LogP contribution >= 0.6 is 0 Å². The van der Waals surface area contributed by atoms with Crippen LogP contribution in [-0.2, 0) is 9.53 Å². The number of hydrogen-bond donors (Lipinski definition) is 1. The third-order valence-corrected chi connectivity index (χ3v) is 3.83. The predicted octanol–water partition coefficient (Wildman–Crippen LogP) is 2.15. The molecule has 0 saturated carbocycles. The number of nitrogens with zero attached hydrogens (tertiary/aromatic N) is 1. The van der Waals surface area contributed by atoms with Gasteiger partial charge in [0.05, 0.1) is 13.2 Å². The molecule has 4 nitrogen and oxygen atoms in total. The molecule has 0 radical (unpaired) electrons. The number of carboxylic acid groups (broad SMARTS) is 1. The molecule has 1 aliphatic heterocycles. The number of morpholine rings is 1. The molecule has 104 valence electrons. The Morgan fingerprint density at radius 3 is 2.84 bits per heavy atom. The van der Waals surface area contributed by atoms with Crippen molar-refractivity contribution in [3.05, 3.63) is 34.9 Å². The van der Waals surface area contributed by atoms with Gasteiger partial charge in [-0.1, -0.05) is 23.8 Å². The van der Waals surface area contributed by atoms with E-state index in [4.69, 9.17) is 4.74 Å². The Kier molecular flexibility index (Phi) is 4.22. The average molecular weight is 263 g/mol. The number of rotatable bonds is 3. The highest BCUT2D eigenvalue weighted by atomic mass is 16.5. The van der Waals surface area contributed by atoms with E-state index in [9.17, 15) is 9.90 Å². The smallest absolute Gasteiger partial charge is 0.323 e. The van der Waals surface area contributed by atoms with Gasteiger partial charge in [-0.25, -0.2) is 0 Å². The Morgan fingerprint density at radius 2 is 2.21 bits per heavy atom. The Morgan fingerprint density at radius 1 is 1.47 bits per heavy atom. The first-order chi connectivity index (χ1) is 9.00. The van der Waals surface area contributed by atoms with E-state index < -0.39 is 12.0 Å². The van der Waals surface area contributed by atoms with E-state index in [2.05, 4.69) is 39.0 Å². The lowest BCUT2D eigenvalue weighted by Gasteiger charge is -2.38. The van der Waals surface area contributed by atoms with Gasteiger partial charge in [0.1, 0.15) is 6.04 Å². The standard InChI is InChI=1S/C15H21NO3/c1-10-4-5-13(11(2)8-10)12(3)16-6-7-19-9-14(16)15(17)18/h4-5,8,12,14H,6-7,9H2,1-3H3,(H,17,18). The number of carbonyl (C=O) groups is 1. The van der Waals surface area contributed by atoms with Crippen molar-refractivity contribution in [2.45, 2.75) is 32.9 Å². The van der Waals surface area contributed by atoms with Gasteiger partial charge >= 0.3 is 5.97 Å². The first-order valence-corrected chi connectivity index (χ1v) is 6.64. The first kappa shape index (κ1) is 14.0. The van der Waals surface area contributed by atoms with E-state index in [-0.39, 0.29) is 12.6 Å². The molecule has 1 aromatic rings. The van der Waals surface area contributed by atoms with Crippen molar-refractivity contribution < 1.29 is 14.6 Å². The van der Waals surface area contributed by atoms with Crippen molar-refractivity contribution in [1.82, 2.24) is 4.90 Å². The van der Waals surface area contributed by atoms with Gasteiger partial charge in [0.15, 0.2) is 0 Å². The summed E-state index contributed by atoms with van der Waals surface area (Å²) in [5, 5.41) is 9.30. The normalized spacial score (nSPS) is 22.2. The summed E-state index contributed by atoms with van der Waals surface area (Å²) in [7, 11) is 0. The number of hydrogen-bond acceptors (Lipinski definition) is 3. The third-order valence-electron chi connectivity index (χ3n) is 3.83. The van der Waals surface area contributed by atoms with Crippen LogP contribution in [0.15, 0.2) is 18.2 Å². The second-order valence-electron chi connectivity index (χ2n) is 5.20. The lowest BCUT2D eigenvalue weighted by atomic mass is 9.98. The molecule has 1 aromatic carbocycles. The monoisotopic (exact) mass is 263 g/mol. The molecule has 4 heteroatoms. The molecule has 0 aliphatic carbocycles. The highest BCUT2D eigenvalue weighted by Gasteiger charge is 2.33. The molecule has 1 heterocycles. The largest absolute Gasteiger partial charge is 0.480 e. The summed E-state index contributed by atoms with van der Waals surface area (Å²) in [6.45, 7) is 7.74. The number of aliphatic carboxylic acids is 1. The van der Waals surface area contributed by atoms with Crippen LogP contribution in [0.4, 0.5) is 0 Å². The number of ether oxygens (including phenoxy) is 1. The van der Waals surface area contributed by atoms with Crippen LogP contribution < -0.4 is 0 Å². The van der Waals surface area contributed by atoms with E-state index in [1.165, 1.54) is 16.7 Å². The molecule has 0 amide bonds. The van der Waals surface area contributed by atoms with Crippen molar-refractivity contribution in [3.63, 3.8) is 0 Å². The summed E-state index contributed by atoms with van der Waals surface area (Å²) in [6.07, 6.45) is 0. The summed E-state index contributed by atoms with van der Waals surface area (Å²) >= 11 is 0. The van der Waals surface area contributed by atoms with Gasteiger partial charge in [-0.15, -0.1) is 0 Å². The minimum absolute atomic E-state index is 0.0885. The van der Waals surface area contributed by atoms with Gasteiger partial charge in [-0.3, -0.25) is 9.69 Å². The maximum atomic E-state index is 11.3. The number of aryl methyl sites for hydroxylation is 2. The van der Waals surface area contributed by atoms with Crippen LogP contribution in [0.25, 0.3) is 0 Å². The fourth-order valence-electron chi connectivity index (χ4n) is 2.77. The minimum Gasteiger partial charge on any atom is -0.480 e. The fraction of sp³-hybridized carbons (Fsp3) is 0.533. The zero-order chi connectivity index (χ0) is 14.0. The average Bonchev–Trinajstić information content (AvgIpc) is 2.38. The van der Waals surface area contributed by atoms with Crippen molar-refractivity contribution >= 4 is 5.97 Å². The van der Waals surface area contributed by atoms with Gasteiger partial charge in [0.2, 0.25) is 0 Å². The van der Waals surface area contributed by atoms with Crippen molar-refractivity contribution in [3.8, 4) is 0 Å². The second-order valence-corrected chi connectivity index (χ2v) is 5.20. The first-order valence-electron chi connectivity index (χ1n) is 6.64. The van der Waals surface area contributed by atoms with E-state index in [1.54, 1.807) is 0 Å². The topological polar surface area (TPSA) is 49.8 Å². The molecule has 1 N–H and O–H groups in total. The van der Waals surface area contributed by atoms with Crippen LogP contribution in [0.5, 0.6) is 0 Å². The minimum atomic E-state index is -0.809. The molecule has 2 rings (SSSR count). The molecule has 1 saturated heterocycles. The molecule has 2 atom stereocenters. The van der Waals surface area contributed by atoms with Crippen LogP contribution in [0, 0.1) is 13.8 Å². The lowest BCUT2D eigenvalue weighted by Crippen LogP contribution is -2.50. The maximum Gasteiger partial charge on any atom is 0.323 e. The maximum absolute atomic E-state index is 11.3. The van der Waals surface area contributed by atoms with Crippen LogP contribution in [0.3, 0.4) is 0 Å². The predicted molar refractivity (Wildman–Crippen MR) is 73.3 cm³/mol. The summed E-state index contributed by atoms with van der Waals surface area (Å²) in [6, 6.07) is 5.86. The Hall–Kier alpha value is -1.39. The quantitative estimate of drug-likeness (QED) is 0.908. The third kappa shape index (κ3) is 2.96. The summed E-state index contributed by atoms with van der Waals surface area (Å²) in [5.41, 5.74) is 3.63. The van der Waals surface area contributed by atoms with Gasteiger partial charge in [-0.05, 0) is 31.9 Å². The Labute approximate surface area is 114 Å². The number of carboxylic acids is 1. The molecule has 0 aromatic heterocycles. The second kappa shape index (κ2) is 5.72. The van der Waals surface area contributed by atoms with Crippen molar-refractivity contribution in [1.29, 1.82) is 0 Å². The SMILES string of the molecule is Cc1ccc(C(C)N2CCOCC2C(=O)O)c(C)c1. The van der Waals surface area contributed by atoms with E-state index >= 15 is 0 Å². The van der Waals surface area contributed by atoms with E-state index in [1.807, 2.05) is 4.90 Å². The summed E-state index contributed by atoms with van der Waals surface area (Å²) in [5.74, 6) is -0.809. The van der Waals surface area contributed by atoms with Gasteiger partial charge < -0.3 is 9.84 Å². The van der Waals surface area contributed by atoms with Crippen molar-refractivity contribution in [2.75, 3.05) is 19.8 Å². The molecule has 1 aliphatic rings. The molecule has 0 bridgehead atoms. The molecule has 2 unspecified atom stereocenters. The van der Waals surface area contributed by atoms with Crippen LogP contribution in [0.2, 0.25) is 0 Å². The zero-order valence-electron chi connectivity index (χ0n) is 11.7. The van der Waals surface area contributed by atoms with Gasteiger partial charge in [0, 0.05) is 12.6 Å². The Balaban J connectivity index is 2.25. The number of benzene rings is 1. The molecule has 19 heavy (non-hydrogen) atoms. The summed E-state index contributed by atoms with van der Waals surface area (Å²) < 4.78 is 5.29. The van der Waals surface area contributed by atoms with Crippen LogP contribution in [0.1, 0.15) is 29.7 Å².